The Morgan fingerprint density at radius 3 is 2.51 bits per heavy atom. The molecular formula is C36H43N7O3S. The number of anilines is 2. The molecule has 1 atom stereocenters. The van der Waals surface area contributed by atoms with E-state index >= 15 is 0 Å². The molecule has 4 aromatic rings. The van der Waals surface area contributed by atoms with Gasteiger partial charge in [-0.1, -0.05) is 38.1 Å². The van der Waals surface area contributed by atoms with Crippen molar-refractivity contribution in [3.05, 3.63) is 83.3 Å². The van der Waals surface area contributed by atoms with Crippen molar-refractivity contribution in [3.8, 4) is 17.1 Å². The molecule has 1 unspecified atom stereocenters. The zero-order valence-corrected chi connectivity index (χ0v) is 28.3. The van der Waals surface area contributed by atoms with Gasteiger partial charge in [0, 0.05) is 48.4 Å². The minimum atomic E-state index is -0.972. The molecule has 11 heteroatoms. The van der Waals surface area contributed by atoms with Crippen LogP contribution in [0.2, 0.25) is 0 Å². The lowest BCUT2D eigenvalue weighted by molar-refractivity contribution is 0.0460. The van der Waals surface area contributed by atoms with Gasteiger partial charge in [-0.3, -0.25) is 9.71 Å². The van der Waals surface area contributed by atoms with Crippen molar-refractivity contribution in [1.82, 2.24) is 25.3 Å². The van der Waals surface area contributed by atoms with Crippen LogP contribution in [0.1, 0.15) is 66.7 Å². The van der Waals surface area contributed by atoms with Crippen molar-refractivity contribution in [2.75, 3.05) is 29.3 Å². The summed E-state index contributed by atoms with van der Waals surface area (Å²) in [6, 6.07) is 15.0. The van der Waals surface area contributed by atoms with Gasteiger partial charge in [0.2, 0.25) is 11.8 Å². The number of hydrogen-bond acceptors (Lipinski definition) is 10. The van der Waals surface area contributed by atoms with Gasteiger partial charge in [0.15, 0.2) is 0 Å². The van der Waals surface area contributed by atoms with Gasteiger partial charge in [-0.25, -0.2) is 14.8 Å². The second-order valence-electron chi connectivity index (χ2n) is 13.4. The molecule has 1 aliphatic carbocycles. The third-order valence-corrected chi connectivity index (χ3v) is 9.81. The van der Waals surface area contributed by atoms with Crippen LogP contribution in [0, 0.1) is 25.2 Å². The van der Waals surface area contributed by atoms with E-state index in [0.29, 0.717) is 36.3 Å². The number of hydrogen-bond donors (Lipinski definition) is 3. The summed E-state index contributed by atoms with van der Waals surface area (Å²) in [5, 5.41) is 13.2. The number of benzene rings is 2. The first-order valence-corrected chi connectivity index (χ1v) is 17.1. The normalized spacial score (nSPS) is 16.5. The molecule has 1 saturated heterocycles. The number of carboxylic acid groups (broad SMARTS) is 1. The second kappa shape index (κ2) is 14.3. The Morgan fingerprint density at radius 1 is 1.04 bits per heavy atom. The lowest BCUT2D eigenvalue weighted by atomic mass is 9.62. The SMILES string of the molecule is Cc1cccc(C)c1-c1cc(OCC(NCc2cncc(N3CCCC3)n2)C2CC(C)(C)C2)nc(NSc2cccc(C(=O)O)c2)n1. The van der Waals surface area contributed by atoms with Crippen LogP contribution < -0.4 is 19.7 Å². The van der Waals surface area contributed by atoms with Gasteiger partial charge in [-0.15, -0.1) is 0 Å². The van der Waals surface area contributed by atoms with E-state index in [1.54, 1.807) is 18.2 Å². The third-order valence-electron chi connectivity index (χ3n) is 9.04. The first-order valence-electron chi connectivity index (χ1n) is 16.3. The number of nitrogens with one attached hydrogen (secondary N) is 2. The van der Waals surface area contributed by atoms with Crippen molar-refractivity contribution in [2.45, 2.75) is 70.9 Å². The van der Waals surface area contributed by atoms with Gasteiger partial charge < -0.3 is 20.1 Å². The van der Waals surface area contributed by atoms with Gasteiger partial charge in [0.05, 0.1) is 23.1 Å². The maximum atomic E-state index is 11.5. The lowest BCUT2D eigenvalue weighted by Gasteiger charge is -2.46. The minimum absolute atomic E-state index is 0.100. The monoisotopic (exact) mass is 653 g/mol. The van der Waals surface area contributed by atoms with Crippen LogP contribution in [0.25, 0.3) is 11.3 Å². The number of nitrogens with zero attached hydrogens (tertiary/aromatic N) is 5. The average Bonchev–Trinajstić information content (AvgIpc) is 3.58. The van der Waals surface area contributed by atoms with Crippen LogP contribution in [0.4, 0.5) is 11.8 Å². The van der Waals surface area contributed by atoms with E-state index in [1.807, 2.05) is 30.6 Å². The number of ether oxygens (including phenoxy) is 1. The van der Waals surface area contributed by atoms with E-state index in [0.717, 1.165) is 64.7 Å². The van der Waals surface area contributed by atoms with E-state index in [2.05, 4.69) is 59.8 Å². The number of carbonyl (C=O) groups is 1. The summed E-state index contributed by atoms with van der Waals surface area (Å²) in [5.41, 5.74) is 5.47. The van der Waals surface area contributed by atoms with Crippen molar-refractivity contribution in [1.29, 1.82) is 0 Å². The Balaban J connectivity index is 1.21. The molecule has 0 radical (unpaired) electrons. The zero-order valence-electron chi connectivity index (χ0n) is 27.5. The van der Waals surface area contributed by atoms with E-state index in [9.17, 15) is 9.90 Å². The molecule has 0 spiro atoms. The highest BCUT2D eigenvalue weighted by atomic mass is 32.2. The molecule has 47 heavy (non-hydrogen) atoms. The summed E-state index contributed by atoms with van der Waals surface area (Å²) in [5.74, 6) is 1.30. The van der Waals surface area contributed by atoms with Crippen molar-refractivity contribution in [2.24, 2.45) is 11.3 Å². The molecule has 2 aliphatic rings. The first kappa shape index (κ1) is 32.7. The third kappa shape index (κ3) is 8.20. The van der Waals surface area contributed by atoms with E-state index in [4.69, 9.17) is 19.7 Å². The topological polar surface area (TPSA) is 125 Å². The molecule has 0 amide bonds. The van der Waals surface area contributed by atoms with E-state index < -0.39 is 5.97 Å². The molecule has 2 aromatic carbocycles. The van der Waals surface area contributed by atoms with Gasteiger partial charge in [0.1, 0.15) is 12.4 Å². The Hall–Kier alpha value is -4.22. The van der Waals surface area contributed by atoms with E-state index in [1.165, 1.54) is 24.8 Å². The molecule has 246 valence electrons. The number of aromatic carboxylic acids is 1. The van der Waals surface area contributed by atoms with Crippen molar-refractivity contribution < 1.29 is 14.6 Å². The maximum absolute atomic E-state index is 11.5. The maximum Gasteiger partial charge on any atom is 0.335 e. The Labute approximate surface area is 280 Å². The zero-order chi connectivity index (χ0) is 33.0. The number of rotatable bonds is 13. The summed E-state index contributed by atoms with van der Waals surface area (Å²) in [7, 11) is 0. The highest BCUT2D eigenvalue weighted by molar-refractivity contribution is 8.00. The molecule has 3 N–H and O–H groups in total. The van der Waals surface area contributed by atoms with Gasteiger partial charge >= 0.3 is 5.97 Å². The van der Waals surface area contributed by atoms with Crippen LogP contribution in [-0.2, 0) is 6.54 Å². The fourth-order valence-electron chi connectivity index (χ4n) is 6.68. The predicted molar refractivity (Wildman–Crippen MR) is 186 cm³/mol. The van der Waals surface area contributed by atoms with Gasteiger partial charge in [0.25, 0.3) is 0 Å². The second-order valence-corrected chi connectivity index (χ2v) is 14.3. The summed E-state index contributed by atoms with van der Waals surface area (Å²) >= 11 is 1.26. The Morgan fingerprint density at radius 2 is 1.79 bits per heavy atom. The van der Waals surface area contributed by atoms with Crippen molar-refractivity contribution in [3.63, 3.8) is 0 Å². The molecule has 3 heterocycles. The molecule has 2 fully saturated rings. The fourth-order valence-corrected chi connectivity index (χ4v) is 7.32. The standard InChI is InChI=1S/C36H43N7O3S/c1-23-9-7-10-24(2)33(23)29-16-32(41-35(40-29)42-47-28-12-8-11-25(15-28)34(44)45)46-22-30(26-17-36(3,4)18-26)38-20-27-19-37-21-31(39-27)43-13-5-6-14-43/h7-12,15-16,19,21,26,30,38H,5-6,13-14,17-18,20,22H2,1-4H3,(H,44,45)(H,40,41,42). The highest BCUT2D eigenvalue weighted by Crippen LogP contribution is 2.46. The molecule has 1 saturated carbocycles. The molecule has 0 bridgehead atoms. The predicted octanol–water partition coefficient (Wildman–Crippen LogP) is 6.94. The Kier molecular flexibility index (Phi) is 9.93. The van der Waals surface area contributed by atoms with Gasteiger partial charge in [-0.05, 0) is 92.1 Å². The number of carboxylic acids is 1. The summed E-state index contributed by atoms with van der Waals surface area (Å²) in [4.78, 5) is 33.5. The quantitative estimate of drug-likeness (QED) is 0.130. The number of aryl methyl sites for hydroxylation is 2. The van der Waals surface area contributed by atoms with Crippen molar-refractivity contribution >= 4 is 29.7 Å². The largest absolute Gasteiger partial charge is 0.478 e. The smallest absolute Gasteiger partial charge is 0.335 e. The number of aromatic nitrogens is 4. The fraction of sp³-hybridized carbons (Fsp3) is 0.417. The molecule has 10 nitrogen and oxygen atoms in total. The average molecular weight is 654 g/mol. The van der Waals surface area contributed by atoms with Crippen LogP contribution in [0.15, 0.2) is 65.8 Å². The molecule has 2 aromatic heterocycles. The van der Waals surface area contributed by atoms with Crippen LogP contribution in [-0.4, -0.2) is 56.7 Å². The molecular weight excluding hydrogens is 611 g/mol. The molecule has 6 rings (SSSR count). The first-order chi connectivity index (χ1) is 22.6. The minimum Gasteiger partial charge on any atom is -0.478 e. The highest BCUT2D eigenvalue weighted by Gasteiger charge is 2.40. The Bertz CT molecular complexity index is 1700. The lowest BCUT2D eigenvalue weighted by Crippen LogP contribution is -2.48. The summed E-state index contributed by atoms with van der Waals surface area (Å²) in [6.07, 6.45) is 8.33. The van der Waals surface area contributed by atoms with Crippen LogP contribution in [0.5, 0.6) is 5.88 Å². The summed E-state index contributed by atoms with van der Waals surface area (Å²) < 4.78 is 9.71. The van der Waals surface area contributed by atoms with Crippen LogP contribution >= 0.6 is 11.9 Å². The van der Waals surface area contributed by atoms with E-state index in [-0.39, 0.29) is 11.6 Å². The van der Waals surface area contributed by atoms with Crippen LogP contribution in [0.3, 0.4) is 0 Å². The van der Waals surface area contributed by atoms with Gasteiger partial charge in [-0.2, -0.15) is 4.98 Å². The molecule has 1 aliphatic heterocycles. The summed E-state index contributed by atoms with van der Waals surface area (Å²) in [6.45, 7) is 11.9.